The molecule has 2 aliphatic rings. The Balaban J connectivity index is 1.48. The van der Waals surface area contributed by atoms with E-state index in [0.717, 1.165) is 5.56 Å². The minimum absolute atomic E-state index is 0.0231. The molecule has 2 fully saturated rings. The number of nitrogens with one attached hydrogen (secondary N) is 1. The van der Waals surface area contributed by atoms with E-state index >= 15 is 0 Å². The molecule has 8 nitrogen and oxygen atoms in total. The maximum Gasteiger partial charge on any atom is 0.261 e. The molecule has 0 aliphatic carbocycles. The van der Waals surface area contributed by atoms with E-state index in [4.69, 9.17) is 0 Å². The van der Waals surface area contributed by atoms with E-state index in [0.29, 0.717) is 49.4 Å². The van der Waals surface area contributed by atoms with E-state index in [9.17, 15) is 21.6 Å². The van der Waals surface area contributed by atoms with Crippen LogP contribution in [0.15, 0.2) is 47.4 Å². The first-order chi connectivity index (χ1) is 15.6. The molecule has 2 aliphatic heterocycles. The highest BCUT2D eigenvalue weighted by Gasteiger charge is 2.34. The molecule has 1 amide bonds. The first-order valence-electron chi connectivity index (χ1n) is 11.0. The smallest absolute Gasteiger partial charge is 0.261 e. The molecule has 1 N–H and O–H groups in total. The molecule has 2 saturated heterocycles. The van der Waals surface area contributed by atoms with Crippen LogP contribution in [0.1, 0.15) is 27.9 Å². The highest BCUT2D eigenvalue weighted by molar-refractivity contribution is 7.92. The summed E-state index contributed by atoms with van der Waals surface area (Å²) in [4.78, 5) is 17.1. The van der Waals surface area contributed by atoms with Gasteiger partial charge in [0.15, 0.2) is 9.84 Å². The summed E-state index contributed by atoms with van der Waals surface area (Å²) in [5.41, 5.74) is 2.37. The lowest BCUT2D eigenvalue weighted by Crippen LogP contribution is -2.52. The number of aryl methyl sites for hydroxylation is 2. The van der Waals surface area contributed by atoms with E-state index in [1.807, 2.05) is 19.1 Å². The first kappa shape index (κ1) is 23.7. The molecule has 4 rings (SSSR count). The van der Waals surface area contributed by atoms with Gasteiger partial charge in [-0.2, -0.15) is 0 Å². The van der Waals surface area contributed by atoms with Crippen LogP contribution in [0, 0.1) is 13.8 Å². The zero-order valence-corrected chi connectivity index (χ0v) is 20.5. The number of piperazine rings is 1. The maximum absolute atomic E-state index is 13.2. The highest BCUT2D eigenvalue weighted by Crippen LogP contribution is 2.24. The highest BCUT2D eigenvalue weighted by atomic mass is 32.2. The van der Waals surface area contributed by atoms with Crippen molar-refractivity contribution in [2.45, 2.75) is 31.2 Å². The van der Waals surface area contributed by atoms with Crippen LogP contribution in [0.3, 0.4) is 0 Å². The number of carbonyl (C=O) groups excluding carboxylic acids is 1. The number of anilines is 1. The molecule has 2 heterocycles. The van der Waals surface area contributed by atoms with E-state index in [2.05, 4.69) is 9.62 Å². The van der Waals surface area contributed by atoms with Gasteiger partial charge in [0.25, 0.3) is 15.9 Å². The zero-order chi connectivity index (χ0) is 23.8. The number of benzene rings is 2. The average molecular weight is 492 g/mol. The Bertz CT molecular complexity index is 1270. The van der Waals surface area contributed by atoms with Gasteiger partial charge in [0.05, 0.1) is 22.1 Å². The molecule has 1 unspecified atom stereocenters. The third-order valence-corrected chi connectivity index (χ3v) is 9.58. The first-order valence-corrected chi connectivity index (χ1v) is 14.3. The van der Waals surface area contributed by atoms with Crippen molar-refractivity contribution in [1.29, 1.82) is 0 Å². The number of para-hydroxylation sites is 1. The largest absolute Gasteiger partial charge is 0.336 e. The van der Waals surface area contributed by atoms with Crippen molar-refractivity contribution in [3.8, 4) is 0 Å². The Hall–Kier alpha value is -2.43. The van der Waals surface area contributed by atoms with E-state index in [1.165, 1.54) is 12.1 Å². The lowest BCUT2D eigenvalue weighted by molar-refractivity contribution is 0.0587. The van der Waals surface area contributed by atoms with Crippen molar-refractivity contribution in [3.05, 3.63) is 59.2 Å². The minimum atomic E-state index is -3.86. The second-order valence-electron chi connectivity index (χ2n) is 8.78. The molecular weight excluding hydrogens is 462 g/mol. The second-order valence-corrected chi connectivity index (χ2v) is 12.7. The number of sulfone groups is 1. The Labute approximate surface area is 195 Å². The summed E-state index contributed by atoms with van der Waals surface area (Å²) in [5.74, 6) is 0.209. The summed E-state index contributed by atoms with van der Waals surface area (Å²) >= 11 is 0. The minimum Gasteiger partial charge on any atom is -0.336 e. The summed E-state index contributed by atoms with van der Waals surface area (Å²) in [6, 6.07) is 11.7. The van der Waals surface area contributed by atoms with Gasteiger partial charge in [-0.15, -0.1) is 0 Å². The van der Waals surface area contributed by atoms with Crippen LogP contribution < -0.4 is 4.72 Å². The van der Waals surface area contributed by atoms with Crippen molar-refractivity contribution in [2.75, 3.05) is 42.4 Å². The Morgan fingerprint density at radius 3 is 2.33 bits per heavy atom. The number of rotatable bonds is 5. The third-order valence-electron chi connectivity index (χ3n) is 6.47. The van der Waals surface area contributed by atoms with E-state index in [1.54, 1.807) is 30.0 Å². The van der Waals surface area contributed by atoms with Crippen molar-refractivity contribution in [1.82, 2.24) is 9.80 Å². The van der Waals surface area contributed by atoms with E-state index < -0.39 is 19.9 Å². The Morgan fingerprint density at radius 2 is 1.70 bits per heavy atom. The lowest BCUT2D eigenvalue weighted by Gasteiger charge is -2.37. The van der Waals surface area contributed by atoms with Crippen LogP contribution in [-0.2, 0) is 19.9 Å². The van der Waals surface area contributed by atoms with Crippen LogP contribution >= 0.6 is 0 Å². The molecule has 1 atom stereocenters. The quantitative estimate of drug-likeness (QED) is 0.687. The van der Waals surface area contributed by atoms with Crippen LogP contribution in [0.4, 0.5) is 5.69 Å². The molecule has 178 valence electrons. The molecule has 33 heavy (non-hydrogen) atoms. The molecule has 10 heteroatoms. The number of hydrogen-bond acceptors (Lipinski definition) is 6. The molecule has 0 saturated carbocycles. The van der Waals surface area contributed by atoms with Gasteiger partial charge in [0.1, 0.15) is 0 Å². The topological polar surface area (TPSA) is 104 Å². The average Bonchev–Trinajstić information content (AvgIpc) is 3.15. The monoisotopic (exact) mass is 491 g/mol. The normalized spacial score (nSPS) is 21.2. The lowest BCUT2D eigenvalue weighted by atomic mass is 10.1. The summed E-state index contributed by atoms with van der Waals surface area (Å²) in [7, 11) is -6.81. The number of carbonyl (C=O) groups is 1. The predicted octanol–water partition coefficient (Wildman–Crippen LogP) is 2.05. The zero-order valence-electron chi connectivity index (χ0n) is 18.8. The third kappa shape index (κ3) is 5.23. The van der Waals surface area contributed by atoms with Gasteiger partial charge in [-0.05, 0) is 49.6 Å². The Morgan fingerprint density at radius 1 is 1.00 bits per heavy atom. The molecule has 2 aromatic carbocycles. The number of nitrogens with zero attached hydrogens (tertiary/aromatic N) is 2. The van der Waals surface area contributed by atoms with Gasteiger partial charge in [0.2, 0.25) is 0 Å². The van der Waals surface area contributed by atoms with Gasteiger partial charge in [-0.3, -0.25) is 14.4 Å². The van der Waals surface area contributed by atoms with Gasteiger partial charge < -0.3 is 4.90 Å². The predicted molar refractivity (Wildman–Crippen MR) is 128 cm³/mol. The van der Waals surface area contributed by atoms with Crippen molar-refractivity contribution in [2.24, 2.45) is 0 Å². The maximum atomic E-state index is 13.2. The van der Waals surface area contributed by atoms with Crippen molar-refractivity contribution >= 4 is 31.5 Å². The van der Waals surface area contributed by atoms with Gasteiger partial charge in [-0.1, -0.05) is 24.3 Å². The second kappa shape index (κ2) is 9.08. The molecule has 0 radical (unpaired) electrons. The summed E-state index contributed by atoms with van der Waals surface area (Å²) < 4.78 is 52.1. The number of amides is 1. The van der Waals surface area contributed by atoms with Gasteiger partial charge in [0, 0.05) is 37.8 Å². The van der Waals surface area contributed by atoms with E-state index in [-0.39, 0.29) is 28.4 Å². The molecule has 2 aromatic rings. The standard InChI is InChI=1S/C23H29N3O5S2/c1-17-7-8-20(33(30,31)24-22-6-4-3-5-18(22)2)15-21(17)23(27)26-12-10-25(11-13-26)19-9-14-32(28,29)16-19/h3-8,15,19,24H,9-14,16H2,1-2H3. The molecule has 0 spiro atoms. The number of sulfonamides is 1. The summed E-state index contributed by atoms with van der Waals surface area (Å²) in [5, 5.41) is 0. The van der Waals surface area contributed by atoms with Crippen LogP contribution in [0.25, 0.3) is 0 Å². The van der Waals surface area contributed by atoms with Crippen LogP contribution in [0.5, 0.6) is 0 Å². The molecule has 0 aromatic heterocycles. The summed E-state index contributed by atoms with van der Waals surface area (Å²) in [6.45, 7) is 5.79. The van der Waals surface area contributed by atoms with Gasteiger partial charge >= 0.3 is 0 Å². The molecule has 0 bridgehead atoms. The number of hydrogen-bond donors (Lipinski definition) is 1. The molecular formula is C23H29N3O5S2. The fraction of sp³-hybridized carbons (Fsp3) is 0.435. The van der Waals surface area contributed by atoms with Gasteiger partial charge in [-0.25, -0.2) is 16.8 Å². The SMILES string of the molecule is Cc1ccccc1NS(=O)(=O)c1ccc(C)c(C(=O)N2CCN(C3CCS(=O)(=O)C3)CC2)c1. The van der Waals surface area contributed by atoms with Crippen molar-refractivity contribution in [3.63, 3.8) is 0 Å². The van der Waals surface area contributed by atoms with Crippen LogP contribution in [0.2, 0.25) is 0 Å². The van der Waals surface area contributed by atoms with Crippen LogP contribution in [-0.4, -0.2) is 76.3 Å². The Kier molecular flexibility index (Phi) is 6.52. The fourth-order valence-corrected chi connectivity index (χ4v) is 7.33. The van der Waals surface area contributed by atoms with Crippen molar-refractivity contribution < 1.29 is 21.6 Å². The summed E-state index contributed by atoms with van der Waals surface area (Å²) in [6.07, 6.45) is 0.642. The fourth-order valence-electron chi connectivity index (χ4n) is 4.41.